The molecule has 0 saturated carbocycles. The first-order chi connectivity index (χ1) is 10.7. The van der Waals surface area contributed by atoms with Crippen LogP contribution in [0.25, 0.3) is 17.0 Å². The van der Waals surface area contributed by atoms with Crippen molar-refractivity contribution >= 4 is 11.6 Å². The third-order valence-electron chi connectivity index (χ3n) is 4.05. The van der Waals surface area contributed by atoms with Crippen LogP contribution in [0.3, 0.4) is 0 Å². The minimum absolute atomic E-state index is 0.0409. The summed E-state index contributed by atoms with van der Waals surface area (Å²) in [4.78, 5) is 22.9. The maximum Gasteiger partial charge on any atom is 0.272 e. The molecule has 0 aromatic carbocycles. The van der Waals surface area contributed by atoms with Crippen molar-refractivity contribution in [1.29, 1.82) is 0 Å². The van der Waals surface area contributed by atoms with Gasteiger partial charge in [-0.1, -0.05) is 0 Å². The second kappa shape index (κ2) is 4.98. The van der Waals surface area contributed by atoms with Crippen molar-refractivity contribution in [2.75, 3.05) is 13.1 Å². The van der Waals surface area contributed by atoms with Gasteiger partial charge in [-0.05, 0) is 31.4 Å². The van der Waals surface area contributed by atoms with Crippen LogP contribution < -0.4 is 0 Å². The van der Waals surface area contributed by atoms with Crippen LogP contribution in [0, 0.1) is 6.92 Å². The molecule has 3 aromatic heterocycles. The van der Waals surface area contributed by atoms with Crippen LogP contribution in [0.1, 0.15) is 28.9 Å². The minimum Gasteiger partial charge on any atom is -0.443 e. The Kier molecular flexibility index (Phi) is 2.96. The fraction of sp³-hybridized carbons (Fsp3) is 0.312. The van der Waals surface area contributed by atoms with Crippen molar-refractivity contribution in [2.45, 2.75) is 19.8 Å². The second-order valence-electron chi connectivity index (χ2n) is 5.63. The number of aromatic nitrogens is 3. The van der Waals surface area contributed by atoms with E-state index < -0.39 is 0 Å². The number of likely N-dealkylation sites (tertiary alicyclic amines) is 1. The highest BCUT2D eigenvalue weighted by Gasteiger charge is 2.23. The van der Waals surface area contributed by atoms with Gasteiger partial charge in [0.1, 0.15) is 11.3 Å². The summed E-state index contributed by atoms with van der Waals surface area (Å²) in [7, 11) is 0. The molecule has 0 atom stereocenters. The summed E-state index contributed by atoms with van der Waals surface area (Å²) in [6.45, 7) is 3.64. The number of amides is 1. The van der Waals surface area contributed by atoms with Crippen LogP contribution in [0.5, 0.6) is 0 Å². The lowest BCUT2D eigenvalue weighted by atomic mass is 10.1. The van der Waals surface area contributed by atoms with E-state index in [0.717, 1.165) is 37.1 Å². The molecule has 112 valence electrons. The Bertz CT molecular complexity index is 829. The smallest absolute Gasteiger partial charge is 0.272 e. The third-order valence-corrected chi connectivity index (χ3v) is 4.05. The molecule has 0 unspecified atom stereocenters. The molecule has 3 aromatic rings. The Morgan fingerprint density at radius 3 is 2.82 bits per heavy atom. The van der Waals surface area contributed by atoms with Gasteiger partial charge < -0.3 is 9.32 Å². The van der Waals surface area contributed by atoms with Gasteiger partial charge in [-0.2, -0.15) is 0 Å². The summed E-state index contributed by atoms with van der Waals surface area (Å²) in [5.41, 5.74) is 3.19. The molecule has 4 heterocycles. The molecule has 22 heavy (non-hydrogen) atoms. The maximum atomic E-state index is 12.7. The average Bonchev–Trinajstić information content (AvgIpc) is 3.26. The number of hydrogen-bond donors (Lipinski definition) is 0. The van der Waals surface area contributed by atoms with Crippen molar-refractivity contribution in [3.05, 3.63) is 42.3 Å². The molecular formula is C16H16N4O2. The van der Waals surface area contributed by atoms with Gasteiger partial charge in [0, 0.05) is 19.3 Å². The lowest BCUT2D eigenvalue weighted by Gasteiger charge is -2.15. The molecule has 0 bridgehead atoms. The number of imidazole rings is 1. The fourth-order valence-corrected chi connectivity index (χ4v) is 2.99. The summed E-state index contributed by atoms with van der Waals surface area (Å²) in [6.07, 6.45) is 8.79. The Morgan fingerprint density at radius 1 is 1.27 bits per heavy atom. The van der Waals surface area contributed by atoms with E-state index >= 15 is 0 Å². The first kappa shape index (κ1) is 13.1. The van der Waals surface area contributed by atoms with E-state index in [1.54, 1.807) is 12.4 Å². The van der Waals surface area contributed by atoms with Gasteiger partial charge >= 0.3 is 0 Å². The molecule has 6 heteroatoms. The number of aryl methyl sites for hydroxylation is 1. The summed E-state index contributed by atoms with van der Waals surface area (Å²) in [5.74, 6) is 0.693. The molecule has 0 radical (unpaired) electrons. The molecule has 0 N–H and O–H groups in total. The quantitative estimate of drug-likeness (QED) is 0.729. The zero-order valence-corrected chi connectivity index (χ0v) is 12.3. The van der Waals surface area contributed by atoms with Crippen molar-refractivity contribution in [1.82, 2.24) is 19.3 Å². The minimum atomic E-state index is 0.0409. The first-order valence-corrected chi connectivity index (χ1v) is 7.40. The number of oxazole rings is 1. The Hall–Kier alpha value is -2.63. The zero-order chi connectivity index (χ0) is 15.1. The molecule has 4 rings (SSSR count). The summed E-state index contributed by atoms with van der Waals surface area (Å²) in [6, 6.07) is 1.99. The van der Waals surface area contributed by atoms with Gasteiger partial charge in [-0.25, -0.2) is 9.97 Å². The monoisotopic (exact) mass is 296 g/mol. The molecule has 1 aliphatic heterocycles. The number of carbonyl (C=O) groups excluding carboxylic acids is 1. The predicted molar refractivity (Wildman–Crippen MR) is 80.6 cm³/mol. The maximum absolute atomic E-state index is 12.7. The summed E-state index contributed by atoms with van der Waals surface area (Å²) in [5, 5.41) is 0. The van der Waals surface area contributed by atoms with E-state index in [1.165, 1.54) is 6.39 Å². The molecule has 1 amide bonds. The third kappa shape index (κ3) is 1.99. The highest BCUT2D eigenvalue weighted by atomic mass is 16.3. The van der Waals surface area contributed by atoms with Crippen LogP contribution >= 0.6 is 0 Å². The van der Waals surface area contributed by atoms with Crippen molar-refractivity contribution in [2.24, 2.45) is 0 Å². The Morgan fingerprint density at radius 2 is 2.09 bits per heavy atom. The SMILES string of the molecule is Cc1cc(-c2cnco2)c2ncc(C(=O)N3CCCC3)n2c1. The molecule has 6 nitrogen and oxygen atoms in total. The zero-order valence-electron chi connectivity index (χ0n) is 12.3. The largest absolute Gasteiger partial charge is 0.443 e. The van der Waals surface area contributed by atoms with Gasteiger partial charge in [-0.3, -0.25) is 9.20 Å². The number of rotatable bonds is 2. The van der Waals surface area contributed by atoms with E-state index in [4.69, 9.17) is 4.42 Å². The number of fused-ring (bicyclic) bond motifs is 1. The van der Waals surface area contributed by atoms with Crippen LogP contribution in [0.4, 0.5) is 0 Å². The number of pyridine rings is 1. The van der Waals surface area contributed by atoms with Gasteiger partial charge in [0.05, 0.1) is 18.0 Å². The number of hydrogen-bond acceptors (Lipinski definition) is 4. The van der Waals surface area contributed by atoms with Crippen molar-refractivity contribution < 1.29 is 9.21 Å². The second-order valence-corrected chi connectivity index (χ2v) is 5.63. The van der Waals surface area contributed by atoms with Crippen LogP contribution in [-0.2, 0) is 0 Å². The standard InChI is InChI=1S/C16H16N4O2/c1-11-6-12(14-8-17-10-22-14)15-18-7-13(20(15)9-11)16(21)19-4-2-3-5-19/h6-10H,2-5H2,1H3. The van der Waals surface area contributed by atoms with Gasteiger partial charge in [-0.15, -0.1) is 0 Å². The summed E-state index contributed by atoms with van der Waals surface area (Å²) >= 11 is 0. The van der Waals surface area contributed by atoms with Gasteiger partial charge in [0.2, 0.25) is 0 Å². The normalized spacial score (nSPS) is 14.9. The number of nitrogens with zero attached hydrogens (tertiary/aromatic N) is 4. The van der Waals surface area contributed by atoms with Crippen molar-refractivity contribution in [3.8, 4) is 11.3 Å². The summed E-state index contributed by atoms with van der Waals surface area (Å²) < 4.78 is 7.25. The lowest BCUT2D eigenvalue weighted by Crippen LogP contribution is -2.28. The molecule has 0 spiro atoms. The molecule has 1 fully saturated rings. The van der Waals surface area contributed by atoms with Gasteiger partial charge in [0.25, 0.3) is 5.91 Å². The van der Waals surface area contributed by atoms with E-state index in [0.29, 0.717) is 17.1 Å². The molecule has 1 saturated heterocycles. The average molecular weight is 296 g/mol. The highest BCUT2D eigenvalue weighted by molar-refractivity contribution is 5.94. The topological polar surface area (TPSA) is 63.6 Å². The van der Waals surface area contributed by atoms with Crippen LogP contribution in [0.2, 0.25) is 0 Å². The van der Waals surface area contributed by atoms with E-state index in [1.807, 2.05) is 28.5 Å². The first-order valence-electron chi connectivity index (χ1n) is 7.40. The fourth-order valence-electron chi connectivity index (χ4n) is 2.99. The molecule has 0 aliphatic carbocycles. The van der Waals surface area contributed by atoms with Crippen LogP contribution in [-0.4, -0.2) is 38.3 Å². The lowest BCUT2D eigenvalue weighted by molar-refractivity contribution is 0.0786. The number of carbonyl (C=O) groups is 1. The van der Waals surface area contributed by atoms with Gasteiger partial charge in [0.15, 0.2) is 12.2 Å². The Balaban J connectivity index is 1.86. The predicted octanol–water partition coefficient (Wildman–Crippen LogP) is 2.53. The Labute approximate surface area is 127 Å². The highest BCUT2D eigenvalue weighted by Crippen LogP contribution is 2.26. The van der Waals surface area contributed by atoms with Crippen LogP contribution in [0.15, 0.2) is 35.5 Å². The van der Waals surface area contributed by atoms with E-state index in [2.05, 4.69) is 9.97 Å². The van der Waals surface area contributed by atoms with E-state index in [9.17, 15) is 4.79 Å². The van der Waals surface area contributed by atoms with Crippen molar-refractivity contribution in [3.63, 3.8) is 0 Å². The molecular weight excluding hydrogens is 280 g/mol. The molecule has 1 aliphatic rings. The van der Waals surface area contributed by atoms with E-state index in [-0.39, 0.29) is 5.91 Å².